The van der Waals surface area contributed by atoms with Crippen LogP contribution in [0.1, 0.15) is 30.3 Å². The van der Waals surface area contributed by atoms with Crippen LogP contribution in [0.15, 0.2) is 10.7 Å². The van der Waals surface area contributed by atoms with Gasteiger partial charge in [-0.05, 0) is 22.4 Å². The minimum atomic E-state index is 0.478. The Balaban J connectivity index is 2.68. The Kier molecular flexibility index (Phi) is 3.47. The van der Waals surface area contributed by atoms with Gasteiger partial charge in [-0.3, -0.25) is 9.48 Å². The molecule has 0 N–H and O–H groups in total. The number of halogens is 1. The average Bonchev–Trinajstić information content (AvgIpc) is 2.43. The van der Waals surface area contributed by atoms with Crippen molar-refractivity contribution in [3.8, 4) is 0 Å². The van der Waals surface area contributed by atoms with E-state index in [2.05, 4.69) is 28.0 Å². The van der Waals surface area contributed by atoms with Gasteiger partial charge in [-0.2, -0.15) is 5.10 Å². The van der Waals surface area contributed by atoms with E-state index in [9.17, 15) is 4.79 Å². The average molecular weight is 231 g/mol. The van der Waals surface area contributed by atoms with Crippen LogP contribution in [0.5, 0.6) is 0 Å². The quantitative estimate of drug-likeness (QED) is 0.745. The third-order valence-electron chi connectivity index (χ3n) is 1.60. The Labute approximate surface area is 79.9 Å². The highest BCUT2D eigenvalue weighted by molar-refractivity contribution is 9.10. The summed E-state index contributed by atoms with van der Waals surface area (Å²) in [4.78, 5) is 10.4. The maximum Gasteiger partial charge on any atom is 0.171 e. The molecule has 0 atom stereocenters. The number of unbranched alkanes of at least 4 members (excludes halogenated alkanes) is 1. The van der Waals surface area contributed by atoms with Gasteiger partial charge in [0.15, 0.2) is 6.29 Å². The van der Waals surface area contributed by atoms with E-state index < -0.39 is 0 Å². The fourth-order valence-electron chi connectivity index (χ4n) is 0.927. The van der Waals surface area contributed by atoms with Crippen LogP contribution in [0.4, 0.5) is 0 Å². The summed E-state index contributed by atoms with van der Waals surface area (Å²) in [6, 6.07) is 0. The van der Waals surface area contributed by atoms with Gasteiger partial charge >= 0.3 is 0 Å². The van der Waals surface area contributed by atoms with Crippen LogP contribution in [0.2, 0.25) is 0 Å². The maximum atomic E-state index is 10.4. The van der Waals surface area contributed by atoms with E-state index in [1.807, 2.05) is 6.20 Å². The summed E-state index contributed by atoms with van der Waals surface area (Å²) < 4.78 is 2.56. The lowest BCUT2D eigenvalue weighted by molar-refractivity contribution is 0.111. The predicted octanol–water partition coefficient (Wildman–Crippen LogP) is 2.26. The van der Waals surface area contributed by atoms with E-state index in [-0.39, 0.29) is 0 Å². The largest absolute Gasteiger partial charge is 0.296 e. The molecule has 0 saturated heterocycles. The zero-order valence-corrected chi connectivity index (χ0v) is 8.54. The summed E-state index contributed by atoms with van der Waals surface area (Å²) in [6.45, 7) is 3.00. The van der Waals surface area contributed by atoms with Crippen molar-refractivity contribution in [2.45, 2.75) is 26.3 Å². The number of hydrogen-bond donors (Lipinski definition) is 0. The van der Waals surface area contributed by atoms with E-state index in [0.29, 0.717) is 5.69 Å². The number of hydrogen-bond acceptors (Lipinski definition) is 2. The first-order chi connectivity index (χ1) is 5.77. The maximum absolute atomic E-state index is 10.4. The second-order valence-electron chi connectivity index (χ2n) is 2.60. The Morgan fingerprint density at radius 3 is 3.00 bits per heavy atom. The van der Waals surface area contributed by atoms with Gasteiger partial charge in [-0.15, -0.1) is 0 Å². The first kappa shape index (κ1) is 9.45. The lowest BCUT2D eigenvalue weighted by Gasteiger charge is -1.96. The van der Waals surface area contributed by atoms with Crippen LogP contribution in [-0.4, -0.2) is 16.1 Å². The fraction of sp³-hybridized carbons (Fsp3) is 0.500. The molecule has 1 heterocycles. The Morgan fingerprint density at radius 2 is 2.50 bits per heavy atom. The monoisotopic (exact) mass is 230 g/mol. The molecule has 1 aromatic heterocycles. The number of carbonyl (C=O) groups is 1. The molecule has 0 bridgehead atoms. The molecule has 0 amide bonds. The van der Waals surface area contributed by atoms with Gasteiger partial charge in [0.1, 0.15) is 5.69 Å². The molecule has 0 unspecified atom stereocenters. The van der Waals surface area contributed by atoms with Gasteiger partial charge in [0, 0.05) is 12.7 Å². The van der Waals surface area contributed by atoms with Crippen molar-refractivity contribution in [1.82, 2.24) is 9.78 Å². The van der Waals surface area contributed by atoms with E-state index in [0.717, 1.165) is 30.1 Å². The number of carbonyl (C=O) groups excluding carboxylic acids is 1. The number of aryl methyl sites for hydroxylation is 1. The summed E-state index contributed by atoms with van der Waals surface area (Å²) in [6.07, 6.45) is 4.81. The van der Waals surface area contributed by atoms with Crippen LogP contribution in [0, 0.1) is 0 Å². The summed E-state index contributed by atoms with van der Waals surface area (Å²) in [5, 5.41) is 4.07. The molecule has 66 valence electrons. The molecule has 3 nitrogen and oxygen atoms in total. The zero-order chi connectivity index (χ0) is 8.97. The van der Waals surface area contributed by atoms with E-state index in [1.165, 1.54) is 0 Å². The number of nitrogens with zero attached hydrogens (tertiary/aromatic N) is 2. The van der Waals surface area contributed by atoms with Crippen molar-refractivity contribution in [2.24, 2.45) is 0 Å². The summed E-state index contributed by atoms with van der Waals surface area (Å²) in [5.41, 5.74) is 0.478. The molecule has 0 fully saturated rings. The van der Waals surface area contributed by atoms with Gasteiger partial charge in [-0.1, -0.05) is 13.3 Å². The van der Waals surface area contributed by atoms with Gasteiger partial charge in [0.05, 0.1) is 4.47 Å². The second kappa shape index (κ2) is 4.40. The molecular formula is C8H11BrN2O. The molecular weight excluding hydrogens is 220 g/mol. The van der Waals surface area contributed by atoms with Crippen molar-refractivity contribution in [3.05, 3.63) is 16.4 Å². The van der Waals surface area contributed by atoms with E-state index >= 15 is 0 Å². The minimum Gasteiger partial charge on any atom is -0.296 e. The number of aromatic nitrogens is 2. The third kappa shape index (κ3) is 2.17. The Hall–Kier alpha value is -0.640. The third-order valence-corrected chi connectivity index (χ3v) is 2.21. The number of rotatable bonds is 4. The summed E-state index contributed by atoms with van der Waals surface area (Å²) in [5.74, 6) is 0. The first-order valence-corrected chi connectivity index (χ1v) is 4.75. The van der Waals surface area contributed by atoms with Gasteiger partial charge in [0.25, 0.3) is 0 Å². The van der Waals surface area contributed by atoms with Crippen molar-refractivity contribution < 1.29 is 4.79 Å². The zero-order valence-electron chi connectivity index (χ0n) is 6.96. The molecule has 1 aromatic rings. The highest BCUT2D eigenvalue weighted by Gasteiger charge is 2.03. The number of aldehydes is 1. The lowest BCUT2D eigenvalue weighted by atomic mass is 10.3. The van der Waals surface area contributed by atoms with Crippen molar-refractivity contribution in [1.29, 1.82) is 0 Å². The van der Waals surface area contributed by atoms with Gasteiger partial charge in [0.2, 0.25) is 0 Å². The van der Waals surface area contributed by atoms with Crippen molar-refractivity contribution >= 4 is 22.2 Å². The van der Waals surface area contributed by atoms with Crippen LogP contribution < -0.4 is 0 Å². The highest BCUT2D eigenvalue weighted by Crippen LogP contribution is 2.12. The molecule has 0 aliphatic heterocycles. The molecule has 0 radical (unpaired) electrons. The highest BCUT2D eigenvalue weighted by atomic mass is 79.9. The molecule has 0 aliphatic rings. The lowest BCUT2D eigenvalue weighted by Crippen LogP contribution is -1.98. The van der Waals surface area contributed by atoms with Crippen LogP contribution in [-0.2, 0) is 6.54 Å². The normalized spacial score (nSPS) is 10.2. The molecule has 0 saturated carbocycles. The molecule has 1 rings (SSSR count). The summed E-state index contributed by atoms with van der Waals surface area (Å²) >= 11 is 3.25. The van der Waals surface area contributed by atoms with Crippen LogP contribution in [0.25, 0.3) is 0 Å². The van der Waals surface area contributed by atoms with Gasteiger partial charge < -0.3 is 0 Å². The molecule has 0 aromatic carbocycles. The van der Waals surface area contributed by atoms with Crippen LogP contribution in [0.3, 0.4) is 0 Å². The standard InChI is InChI=1S/C8H11BrN2O/c1-2-3-4-11-5-7(9)8(6-12)10-11/h5-6H,2-4H2,1H3. The molecule has 12 heavy (non-hydrogen) atoms. The molecule has 0 aliphatic carbocycles. The first-order valence-electron chi connectivity index (χ1n) is 3.96. The van der Waals surface area contributed by atoms with Gasteiger partial charge in [-0.25, -0.2) is 0 Å². The Morgan fingerprint density at radius 1 is 1.75 bits per heavy atom. The van der Waals surface area contributed by atoms with E-state index in [1.54, 1.807) is 4.68 Å². The second-order valence-corrected chi connectivity index (χ2v) is 3.45. The fourth-order valence-corrected chi connectivity index (χ4v) is 1.34. The smallest absolute Gasteiger partial charge is 0.171 e. The Bertz CT molecular complexity index is 270. The SMILES string of the molecule is CCCCn1cc(Br)c(C=O)n1. The van der Waals surface area contributed by atoms with E-state index in [4.69, 9.17) is 0 Å². The van der Waals surface area contributed by atoms with Crippen LogP contribution >= 0.6 is 15.9 Å². The van der Waals surface area contributed by atoms with Crippen molar-refractivity contribution in [2.75, 3.05) is 0 Å². The summed E-state index contributed by atoms with van der Waals surface area (Å²) in [7, 11) is 0. The minimum absolute atomic E-state index is 0.478. The molecule has 0 spiro atoms. The van der Waals surface area contributed by atoms with Crippen molar-refractivity contribution in [3.63, 3.8) is 0 Å². The molecule has 4 heteroatoms. The predicted molar refractivity (Wildman–Crippen MR) is 50.2 cm³/mol. The topological polar surface area (TPSA) is 34.9 Å².